The summed E-state index contributed by atoms with van der Waals surface area (Å²) in [5.74, 6) is 0.768. The standard InChI is InChI=1S/C24H23N3O5S3/c1-5-32-19(28)13-34-23-25-21-20(22(29)27(23)16-9-7-6-8-14(16)2)35-24(33)26(21)17-12-15(30-3)10-11-18(17)31-4/h6-12H,5,13H2,1-4H3. The number of hydrogen-bond acceptors (Lipinski definition) is 9. The van der Waals surface area contributed by atoms with E-state index in [1.165, 1.54) is 15.9 Å². The average Bonchev–Trinajstić information content (AvgIpc) is 3.19. The van der Waals surface area contributed by atoms with Crippen LogP contribution in [0.4, 0.5) is 0 Å². The van der Waals surface area contributed by atoms with Gasteiger partial charge >= 0.3 is 5.97 Å². The molecular formula is C24H23N3O5S3. The van der Waals surface area contributed by atoms with Crippen LogP contribution in [0.15, 0.2) is 52.4 Å². The summed E-state index contributed by atoms with van der Waals surface area (Å²) in [7, 11) is 3.13. The number of ether oxygens (including phenoxy) is 3. The molecule has 2 heterocycles. The Hall–Kier alpha value is -3.15. The quantitative estimate of drug-likeness (QED) is 0.137. The minimum absolute atomic E-state index is 0.00498. The zero-order valence-corrected chi connectivity index (χ0v) is 22.0. The lowest BCUT2D eigenvalue weighted by Gasteiger charge is -2.15. The third-order valence-corrected chi connectivity index (χ3v) is 7.45. The lowest BCUT2D eigenvalue weighted by atomic mass is 10.2. The van der Waals surface area contributed by atoms with Gasteiger partial charge in [-0.25, -0.2) is 4.98 Å². The molecule has 2 aromatic heterocycles. The summed E-state index contributed by atoms with van der Waals surface area (Å²) >= 11 is 7.98. The number of rotatable bonds is 8. The summed E-state index contributed by atoms with van der Waals surface area (Å²) in [6.45, 7) is 3.94. The van der Waals surface area contributed by atoms with Gasteiger partial charge in [-0.05, 0) is 49.8 Å². The number of carbonyl (C=O) groups is 1. The van der Waals surface area contributed by atoms with Gasteiger partial charge in [0, 0.05) is 6.07 Å². The third kappa shape index (κ3) is 4.84. The molecule has 182 valence electrons. The van der Waals surface area contributed by atoms with E-state index in [-0.39, 0.29) is 23.9 Å². The fourth-order valence-electron chi connectivity index (χ4n) is 3.57. The fourth-order valence-corrected chi connectivity index (χ4v) is 5.65. The van der Waals surface area contributed by atoms with E-state index >= 15 is 0 Å². The first-order chi connectivity index (χ1) is 16.9. The average molecular weight is 530 g/mol. The van der Waals surface area contributed by atoms with Gasteiger partial charge in [-0.3, -0.25) is 18.7 Å². The fraction of sp³-hybridized carbons (Fsp3) is 0.250. The van der Waals surface area contributed by atoms with Gasteiger partial charge in [-0.15, -0.1) is 0 Å². The van der Waals surface area contributed by atoms with Crippen LogP contribution in [0.2, 0.25) is 0 Å². The van der Waals surface area contributed by atoms with Gasteiger partial charge in [0.2, 0.25) is 0 Å². The summed E-state index contributed by atoms with van der Waals surface area (Å²) in [5, 5.41) is 0.355. The molecule has 0 amide bonds. The summed E-state index contributed by atoms with van der Waals surface area (Å²) in [4.78, 5) is 30.8. The Morgan fingerprint density at radius 2 is 1.89 bits per heavy atom. The Balaban J connectivity index is 2.01. The number of nitrogens with zero attached hydrogens (tertiary/aromatic N) is 3. The Kier molecular flexibility index (Phi) is 7.58. The van der Waals surface area contributed by atoms with Crippen LogP contribution in [0.5, 0.6) is 11.5 Å². The molecule has 8 nitrogen and oxygen atoms in total. The summed E-state index contributed by atoms with van der Waals surface area (Å²) in [5.41, 5.74) is 2.29. The number of benzene rings is 2. The lowest BCUT2D eigenvalue weighted by molar-refractivity contribution is -0.139. The van der Waals surface area contributed by atoms with Gasteiger partial charge in [-0.1, -0.05) is 41.3 Å². The van der Waals surface area contributed by atoms with Crippen molar-refractivity contribution in [3.05, 3.63) is 62.3 Å². The van der Waals surface area contributed by atoms with E-state index in [9.17, 15) is 9.59 Å². The highest BCUT2D eigenvalue weighted by Crippen LogP contribution is 2.33. The molecule has 4 aromatic rings. The van der Waals surface area contributed by atoms with Crippen molar-refractivity contribution in [3.63, 3.8) is 0 Å². The number of aromatic nitrogens is 3. The van der Waals surface area contributed by atoms with Crippen LogP contribution in [0.3, 0.4) is 0 Å². The smallest absolute Gasteiger partial charge is 0.316 e. The van der Waals surface area contributed by atoms with Crippen molar-refractivity contribution < 1.29 is 19.0 Å². The molecule has 0 aliphatic rings. The van der Waals surface area contributed by atoms with E-state index in [4.69, 9.17) is 31.4 Å². The zero-order valence-electron chi connectivity index (χ0n) is 19.6. The number of thioether (sulfide) groups is 1. The highest BCUT2D eigenvalue weighted by Gasteiger charge is 2.22. The number of methoxy groups -OCH3 is 2. The molecule has 0 aliphatic carbocycles. The molecular weight excluding hydrogens is 506 g/mol. The highest BCUT2D eigenvalue weighted by atomic mass is 32.2. The Bertz CT molecular complexity index is 1520. The van der Waals surface area contributed by atoms with E-state index < -0.39 is 0 Å². The van der Waals surface area contributed by atoms with E-state index in [1.54, 1.807) is 43.9 Å². The molecule has 4 rings (SSSR count). The molecule has 0 aliphatic heterocycles. The van der Waals surface area contributed by atoms with E-state index in [0.717, 1.165) is 17.3 Å². The van der Waals surface area contributed by atoms with Crippen LogP contribution in [-0.4, -0.2) is 46.7 Å². The van der Waals surface area contributed by atoms with Crippen LogP contribution in [0, 0.1) is 10.9 Å². The van der Waals surface area contributed by atoms with Crippen LogP contribution < -0.4 is 15.0 Å². The third-order valence-electron chi connectivity index (χ3n) is 5.18. The number of para-hydroxylation sites is 1. The van der Waals surface area contributed by atoms with Crippen molar-refractivity contribution in [2.45, 2.75) is 19.0 Å². The van der Waals surface area contributed by atoms with Gasteiger partial charge in [-0.2, -0.15) is 0 Å². The topological polar surface area (TPSA) is 84.6 Å². The Labute approximate surface area is 215 Å². The molecule has 0 unspecified atom stereocenters. The molecule has 0 fully saturated rings. The minimum atomic E-state index is -0.389. The first kappa shape index (κ1) is 25.0. The number of esters is 1. The second kappa shape index (κ2) is 10.6. The van der Waals surface area contributed by atoms with Crippen molar-refractivity contribution in [1.29, 1.82) is 0 Å². The number of carbonyl (C=O) groups excluding carboxylic acids is 1. The number of aryl methyl sites for hydroxylation is 1. The van der Waals surface area contributed by atoms with Gasteiger partial charge < -0.3 is 14.2 Å². The number of thiazole rings is 1. The molecule has 0 saturated heterocycles. The summed E-state index contributed by atoms with van der Waals surface area (Å²) < 4.78 is 20.1. The largest absolute Gasteiger partial charge is 0.497 e. The molecule has 0 saturated carbocycles. The van der Waals surface area contributed by atoms with E-state index in [2.05, 4.69) is 0 Å². The van der Waals surface area contributed by atoms with Gasteiger partial charge in [0.05, 0.1) is 38.0 Å². The predicted octanol–water partition coefficient (Wildman–Crippen LogP) is 4.95. The monoisotopic (exact) mass is 529 g/mol. The molecule has 0 bridgehead atoms. The van der Waals surface area contributed by atoms with Crippen molar-refractivity contribution in [1.82, 2.24) is 14.1 Å². The maximum absolute atomic E-state index is 13.8. The first-order valence-corrected chi connectivity index (χ1v) is 12.9. The molecule has 0 N–H and O–H groups in total. The van der Waals surface area contributed by atoms with Crippen LogP contribution in [-0.2, 0) is 9.53 Å². The normalized spacial score (nSPS) is 11.0. The zero-order chi connectivity index (χ0) is 25.1. The maximum Gasteiger partial charge on any atom is 0.316 e. The van der Waals surface area contributed by atoms with Crippen molar-refractivity contribution in [2.75, 3.05) is 26.6 Å². The second-order valence-corrected chi connectivity index (χ2v) is 9.90. The highest BCUT2D eigenvalue weighted by molar-refractivity contribution is 7.99. The van der Waals surface area contributed by atoms with Crippen LogP contribution in [0.25, 0.3) is 21.7 Å². The minimum Gasteiger partial charge on any atom is -0.497 e. The second-order valence-electron chi connectivity index (χ2n) is 7.31. The van der Waals surface area contributed by atoms with Crippen LogP contribution >= 0.6 is 35.3 Å². The molecule has 0 radical (unpaired) electrons. The number of fused-ring (bicyclic) bond motifs is 1. The van der Waals surface area contributed by atoms with Crippen molar-refractivity contribution in [3.8, 4) is 22.9 Å². The molecule has 35 heavy (non-hydrogen) atoms. The lowest BCUT2D eigenvalue weighted by Crippen LogP contribution is -2.23. The van der Waals surface area contributed by atoms with Gasteiger partial charge in [0.1, 0.15) is 16.2 Å². The summed E-state index contributed by atoms with van der Waals surface area (Å²) in [6, 6.07) is 12.8. The Morgan fingerprint density at radius 3 is 2.57 bits per heavy atom. The maximum atomic E-state index is 13.8. The van der Waals surface area contributed by atoms with Crippen molar-refractivity contribution >= 4 is 51.6 Å². The van der Waals surface area contributed by atoms with Crippen LogP contribution in [0.1, 0.15) is 12.5 Å². The SMILES string of the molecule is CCOC(=O)CSc1nc2c(sc(=S)n2-c2cc(OC)ccc2OC)c(=O)n1-c1ccccc1C. The molecule has 0 atom stereocenters. The van der Waals surface area contributed by atoms with Gasteiger partial charge in [0.25, 0.3) is 5.56 Å². The van der Waals surface area contributed by atoms with E-state index in [0.29, 0.717) is 42.3 Å². The predicted molar refractivity (Wildman–Crippen MR) is 141 cm³/mol. The first-order valence-electron chi connectivity index (χ1n) is 10.6. The number of hydrogen-bond donors (Lipinski definition) is 0. The summed E-state index contributed by atoms with van der Waals surface area (Å²) in [6.07, 6.45) is 0. The molecule has 11 heteroatoms. The molecule has 0 spiro atoms. The van der Waals surface area contributed by atoms with E-state index in [1.807, 2.05) is 31.2 Å². The van der Waals surface area contributed by atoms with Crippen molar-refractivity contribution in [2.24, 2.45) is 0 Å². The van der Waals surface area contributed by atoms with Gasteiger partial charge in [0.15, 0.2) is 14.8 Å². The Morgan fingerprint density at radius 1 is 1.11 bits per heavy atom. The molecule has 2 aromatic carbocycles.